The zero-order valence-corrected chi connectivity index (χ0v) is 6.88. The van der Waals surface area contributed by atoms with Gasteiger partial charge in [0.05, 0.1) is 12.5 Å². The zero-order chi connectivity index (χ0) is 10.7. The van der Waals surface area contributed by atoms with Crippen molar-refractivity contribution in [3.8, 4) is 0 Å². The fraction of sp³-hybridized carbons (Fsp3) is 0.333. The van der Waals surface area contributed by atoms with Gasteiger partial charge in [-0.3, -0.25) is 4.79 Å². The minimum Gasteiger partial charge on any atom is -0.481 e. The number of hydrogen-bond donors (Lipinski definition) is 3. The number of rotatable bonds is 4. The molecule has 1 atom stereocenters. The van der Waals surface area contributed by atoms with Crippen molar-refractivity contribution in [3.05, 3.63) is 21.9 Å². The Balaban J connectivity index is 2.76. The molecule has 0 aliphatic rings. The van der Waals surface area contributed by atoms with E-state index in [2.05, 4.69) is 10.2 Å². The van der Waals surface area contributed by atoms with Crippen molar-refractivity contribution in [2.75, 3.05) is 0 Å². The van der Waals surface area contributed by atoms with Crippen LogP contribution in [0, 0.1) is 10.1 Å². The molecular formula is C6H7N3O5. The van der Waals surface area contributed by atoms with Crippen LogP contribution in [0.3, 0.4) is 0 Å². The number of nitro groups is 1. The van der Waals surface area contributed by atoms with E-state index >= 15 is 0 Å². The maximum Gasteiger partial charge on any atom is 0.342 e. The predicted molar refractivity (Wildman–Crippen MR) is 42.5 cm³/mol. The zero-order valence-electron chi connectivity index (χ0n) is 6.88. The van der Waals surface area contributed by atoms with Crippen LogP contribution in [0.2, 0.25) is 0 Å². The number of H-pyrrole nitrogens is 1. The van der Waals surface area contributed by atoms with E-state index in [4.69, 9.17) is 5.11 Å². The van der Waals surface area contributed by atoms with Gasteiger partial charge in [0.15, 0.2) is 0 Å². The van der Waals surface area contributed by atoms with Gasteiger partial charge >= 0.3 is 11.8 Å². The molecule has 1 heterocycles. The highest BCUT2D eigenvalue weighted by Crippen LogP contribution is 2.17. The van der Waals surface area contributed by atoms with Crippen LogP contribution in [0.4, 0.5) is 5.82 Å². The number of aliphatic carboxylic acids is 1. The number of aliphatic hydroxyl groups excluding tert-OH is 1. The molecule has 1 unspecified atom stereocenters. The summed E-state index contributed by atoms with van der Waals surface area (Å²) in [5.41, 5.74) is -0.0564. The lowest BCUT2D eigenvalue weighted by Crippen LogP contribution is -2.05. The third-order valence-electron chi connectivity index (χ3n) is 1.49. The molecule has 1 aromatic rings. The van der Waals surface area contributed by atoms with Crippen molar-refractivity contribution in [1.29, 1.82) is 0 Å². The van der Waals surface area contributed by atoms with Crippen LogP contribution in [0.5, 0.6) is 0 Å². The molecule has 1 aromatic heterocycles. The van der Waals surface area contributed by atoms with Crippen molar-refractivity contribution >= 4 is 11.8 Å². The van der Waals surface area contributed by atoms with Crippen LogP contribution in [0.15, 0.2) is 6.07 Å². The van der Waals surface area contributed by atoms with E-state index in [0.717, 1.165) is 6.07 Å². The number of aromatic amines is 1. The normalized spacial score (nSPS) is 12.4. The number of nitrogens with one attached hydrogen (secondary N) is 1. The van der Waals surface area contributed by atoms with Gasteiger partial charge in [-0.1, -0.05) is 5.10 Å². The molecule has 8 nitrogen and oxygen atoms in total. The summed E-state index contributed by atoms with van der Waals surface area (Å²) >= 11 is 0. The summed E-state index contributed by atoms with van der Waals surface area (Å²) in [5.74, 6) is -1.59. The first-order valence-corrected chi connectivity index (χ1v) is 3.60. The number of hydrogen-bond acceptors (Lipinski definition) is 5. The lowest BCUT2D eigenvalue weighted by molar-refractivity contribution is -0.389. The first-order valence-electron chi connectivity index (χ1n) is 3.60. The number of aliphatic hydroxyl groups is 1. The van der Waals surface area contributed by atoms with Gasteiger partial charge in [0.1, 0.15) is 11.8 Å². The summed E-state index contributed by atoms with van der Waals surface area (Å²) in [6.45, 7) is 0. The molecule has 8 heteroatoms. The molecule has 1 rings (SSSR count). The summed E-state index contributed by atoms with van der Waals surface area (Å²) in [6.07, 6.45) is -1.88. The van der Waals surface area contributed by atoms with E-state index < -0.39 is 23.4 Å². The molecule has 14 heavy (non-hydrogen) atoms. The molecule has 0 aromatic carbocycles. The van der Waals surface area contributed by atoms with E-state index in [0.29, 0.717) is 0 Å². The maximum atomic E-state index is 10.2. The van der Waals surface area contributed by atoms with Gasteiger partial charge < -0.3 is 20.3 Å². The average molecular weight is 201 g/mol. The molecule has 0 aliphatic carbocycles. The SMILES string of the molecule is O=C(O)CC(O)c1cc([N+](=O)[O-])[nH]n1. The lowest BCUT2D eigenvalue weighted by atomic mass is 10.2. The molecule has 3 N–H and O–H groups in total. The Morgan fingerprint density at radius 3 is 2.86 bits per heavy atom. The van der Waals surface area contributed by atoms with Gasteiger partial charge in [-0.25, -0.2) is 0 Å². The third kappa shape index (κ3) is 2.26. The smallest absolute Gasteiger partial charge is 0.342 e. The number of carboxylic acids is 1. The third-order valence-corrected chi connectivity index (χ3v) is 1.49. The average Bonchev–Trinajstić information content (AvgIpc) is 2.50. The topological polar surface area (TPSA) is 129 Å². The number of carboxylic acid groups (broad SMARTS) is 1. The van der Waals surface area contributed by atoms with E-state index in [1.807, 2.05) is 0 Å². The first kappa shape index (κ1) is 10.1. The van der Waals surface area contributed by atoms with Crippen molar-refractivity contribution in [2.24, 2.45) is 0 Å². The van der Waals surface area contributed by atoms with E-state index in [1.165, 1.54) is 0 Å². The molecule has 0 aliphatic heterocycles. The number of carbonyl (C=O) groups is 1. The van der Waals surface area contributed by atoms with Crippen molar-refractivity contribution in [3.63, 3.8) is 0 Å². The van der Waals surface area contributed by atoms with E-state index in [1.54, 1.807) is 0 Å². The second-order valence-electron chi connectivity index (χ2n) is 2.55. The highest BCUT2D eigenvalue weighted by Gasteiger charge is 2.19. The Kier molecular flexibility index (Phi) is 2.77. The molecule has 76 valence electrons. The van der Waals surface area contributed by atoms with Crippen LogP contribution < -0.4 is 0 Å². The molecule has 0 spiro atoms. The fourth-order valence-corrected chi connectivity index (χ4v) is 0.861. The van der Waals surface area contributed by atoms with Gasteiger partial charge in [0.25, 0.3) is 0 Å². The lowest BCUT2D eigenvalue weighted by Gasteiger charge is -2.00. The van der Waals surface area contributed by atoms with E-state index in [9.17, 15) is 20.0 Å². The van der Waals surface area contributed by atoms with Crippen LogP contribution in [-0.4, -0.2) is 31.3 Å². The minimum absolute atomic E-state index is 0.0564. The molecule has 0 bridgehead atoms. The molecule has 0 fully saturated rings. The number of nitrogens with zero attached hydrogens (tertiary/aromatic N) is 2. The van der Waals surface area contributed by atoms with Crippen LogP contribution >= 0.6 is 0 Å². The van der Waals surface area contributed by atoms with Crippen LogP contribution in [0.25, 0.3) is 0 Å². The quantitative estimate of drug-likeness (QED) is 0.457. The van der Waals surface area contributed by atoms with Gasteiger partial charge in [-0.05, 0) is 4.92 Å². The van der Waals surface area contributed by atoms with Crippen LogP contribution in [-0.2, 0) is 4.79 Å². The second kappa shape index (κ2) is 3.83. The molecule has 0 saturated carbocycles. The maximum absolute atomic E-state index is 10.2. The Labute approximate surface area is 77.3 Å². The highest BCUT2D eigenvalue weighted by molar-refractivity contribution is 5.67. The van der Waals surface area contributed by atoms with Gasteiger partial charge in [-0.2, -0.15) is 0 Å². The van der Waals surface area contributed by atoms with Crippen LogP contribution in [0.1, 0.15) is 18.2 Å². The molecule has 0 amide bonds. The van der Waals surface area contributed by atoms with Crippen molar-refractivity contribution in [2.45, 2.75) is 12.5 Å². The summed E-state index contributed by atoms with van der Waals surface area (Å²) in [7, 11) is 0. The second-order valence-corrected chi connectivity index (χ2v) is 2.55. The fourth-order valence-electron chi connectivity index (χ4n) is 0.861. The largest absolute Gasteiger partial charge is 0.481 e. The predicted octanol–water partition coefficient (Wildman–Crippen LogP) is -0.174. The van der Waals surface area contributed by atoms with Crippen molar-refractivity contribution < 1.29 is 19.9 Å². The van der Waals surface area contributed by atoms with Gasteiger partial charge in [0.2, 0.25) is 0 Å². The standard InChI is InChI=1S/C6H7N3O5/c10-4(2-6(11)12)3-1-5(8-7-3)9(13)14/h1,4,10H,2H2,(H,7,8)(H,11,12). The van der Waals surface area contributed by atoms with E-state index in [-0.39, 0.29) is 11.5 Å². The monoisotopic (exact) mass is 201 g/mol. The van der Waals surface area contributed by atoms with Gasteiger partial charge in [-0.15, -0.1) is 5.10 Å². The summed E-state index contributed by atoms with van der Waals surface area (Å²) < 4.78 is 0. The molecule has 0 radical (unpaired) electrons. The molecule has 0 saturated heterocycles. The summed E-state index contributed by atoms with van der Waals surface area (Å²) in [6, 6.07) is 0.994. The highest BCUT2D eigenvalue weighted by atomic mass is 16.6. The summed E-state index contributed by atoms with van der Waals surface area (Å²) in [4.78, 5) is 19.7. The Morgan fingerprint density at radius 1 is 1.79 bits per heavy atom. The minimum atomic E-state index is -1.34. The van der Waals surface area contributed by atoms with Gasteiger partial charge in [0, 0.05) is 0 Å². The summed E-state index contributed by atoms with van der Waals surface area (Å²) in [5, 5.41) is 33.2. The number of aromatic nitrogens is 2. The Hall–Kier alpha value is -1.96. The first-order chi connectivity index (χ1) is 6.50. The Morgan fingerprint density at radius 2 is 2.43 bits per heavy atom. The van der Waals surface area contributed by atoms with Crippen molar-refractivity contribution in [1.82, 2.24) is 10.2 Å². The Bertz CT molecular complexity index is 360. The molecular weight excluding hydrogens is 194 g/mol.